The molecule has 1 saturated heterocycles. The highest BCUT2D eigenvalue weighted by Crippen LogP contribution is 2.30. The van der Waals surface area contributed by atoms with Crippen molar-refractivity contribution in [2.75, 3.05) is 19.6 Å². The highest BCUT2D eigenvalue weighted by atomic mass is 16.2. The van der Waals surface area contributed by atoms with Gasteiger partial charge in [0.25, 0.3) is 5.91 Å². The van der Waals surface area contributed by atoms with Crippen LogP contribution in [0.4, 0.5) is 0 Å². The molecule has 1 fully saturated rings. The van der Waals surface area contributed by atoms with Gasteiger partial charge in [-0.2, -0.15) is 0 Å². The summed E-state index contributed by atoms with van der Waals surface area (Å²) >= 11 is 0. The fraction of sp³-hybridized carbons (Fsp3) is 0.500. The Bertz CT molecular complexity index is 544. The first-order valence-corrected chi connectivity index (χ1v) is 6.97. The number of carbonyl (C=O) groups is 1. The Labute approximate surface area is 120 Å². The molecule has 2 rings (SSSR count). The van der Waals surface area contributed by atoms with Crippen LogP contribution >= 0.6 is 0 Å². The molecule has 0 aromatic carbocycles. The normalized spacial score (nSPS) is 17.2. The predicted molar refractivity (Wildman–Crippen MR) is 79.1 cm³/mol. The zero-order chi connectivity index (χ0) is 14.6. The molecule has 0 bridgehead atoms. The second kappa shape index (κ2) is 6.06. The Morgan fingerprint density at radius 2 is 2.15 bits per heavy atom. The number of aromatic nitrogens is 1. The highest BCUT2D eigenvalue weighted by Gasteiger charge is 2.29. The van der Waals surface area contributed by atoms with E-state index in [0.29, 0.717) is 16.7 Å². The second-order valence-corrected chi connectivity index (χ2v) is 5.86. The zero-order valence-corrected chi connectivity index (χ0v) is 12.1. The van der Waals surface area contributed by atoms with Gasteiger partial charge >= 0.3 is 0 Å². The van der Waals surface area contributed by atoms with Crippen LogP contribution in [-0.4, -0.2) is 35.4 Å². The first kappa shape index (κ1) is 14.5. The molecule has 1 aromatic rings. The van der Waals surface area contributed by atoms with E-state index in [9.17, 15) is 4.79 Å². The number of amides is 1. The Balaban J connectivity index is 2.18. The van der Waals surface area contributed by atoms with Crippen LogP contribution in [0.25, 0.3) is 0 Å². The lowest BCUT2D eigenvalue weighted by molar-refractivity contribution is 0.0624. The van der Waals surface area contributed by atoms with Crippen LogP contribution in [0, 0.1) is 17.3 Å². The van der Waals surface area contributed by atoms with E-state index in [4.69, 9.17) is 5.73 Å². The molecule has 4 nitrogen and oxygen atoms in total. The highest BCUT2D eigenvalue weighted by molar-refractivity contribution is 5.94. The van der Waals surface area contributed by atoms with Gasteiger partial charge in [0, 0.05) is 19.3 Å². The lowest BCUT2D eigenvalue weighted by Gasteiger charge is -2.36. The molecule has 0 radical (unpaired) electrons. The fourth-order valence-corrected chi connectivity index (χ4v) is 2.29. The minimum Gasteiger partial charge on any atom is -0.337 e. The Kier molecular flexibility index (Phi) is 4.41. The SMILES string of the molecule is CC1(C)CCN(C(=O)c2ncccc2C#CCN)CC1. The van der Waals surface area contributed by atoms with Crippen LogP contribution < -0.4 is 5.73 Å². The van der Waals surface area contributed by atoms with Gasteiger partial charge in [0.05, 0.1) is 12.1 Å². The number of nitrogens with two attached hydrogens (primary N) is 1. The van der Waals surface area contributed by atoms with Gasteiger partial charge in [-0.25, -0.2) is 4.98 Å². The molecule has 1 aliphatic heterocycles. The van der Waals surface area contributed by atoms with E-state index < -0.39 is 0 Å². The first-order chi connectivity index (χ1) is 9.53. The van der Waals surface area contributed by atoms with Crippen LogP contribution in [-0.2, 0) is 0 Å². The summed E-state index contributed by atoms with van der Waals surface area (Å²) in [4.78, 5) is 18.6. The third kappa shape index (κ3) is 3.37. The quantitative estimate of drug-likeness (QED) is 0.790. The zero-order valence-electron chi connectivity index (χ0n) is 12.1. The molecular formula is C16H21N3O. The van der Waals surface area contributed by atoms with Crippen molar-refractivity contribution < 1.29 is 4.79 Å². The number of nitrogens with zero attached hydrogens (tertiary/aromatic N) is 2. The standard InChI is InChI=1S/C16H21N3O/c1-16(2)7-11-19(12-8-16)15(20)14-13(5-3-9-17)6-4-10-18-14/h4,6,10H,7-9,11-12,17H2,1-2H3. The smallest absolute Gasteiger partial charge is 0.273 e. The van der Waals surface area contributed by atoms with Crippen LogP contribution in [0.3, 0.4) is 0 Å². The summed E-state index contributed by atoms with van der Waals surface area (Å²) in [6, 6.07) is 3.60. The molecule has 0 spiro atoms. The number of rotatable bonds is 1. The molecule has 4 heteroatoms. The summed E-state index contributed by atoms with van der Waals surface area (Å²) < 4.78 is 0. The van der Waals surface area contributed by atoms with E-state index in [1.54, 1.807) is 12.3 Å². The summed E-state index contributed by atoms with van der Waals surface area (Å²) in [5.74, 6) is 5.68. The van der Waals surface area contributed by atoms with Gasteiger partial charge in [0.1, 0.15) is 5.69 Å². The molecule has 0 unspecified atom stereocenters. The van der Waals surface area contributed by atoms with E-state index >= 15 is 0 Å². The molecule has 0 aliphatic carbocycles. The van der Waals surface area contributed by atoms with Gasteiger partial charge in [0.15, 0.2) is 0 Å². The maximum atomic E-state index is 12.6. The summed E-state index contributed by atoms with van der Waals surface area (Å²) in [7, 11) is 0. The summed E-state index contributed by atoms with van der Waals surface area (Å²) in [6.07, 6.45) is 3.68. The molecule has 106 valence electrons. The summed E-state index contributed by atoms with van der Waals surface area (Å²) in [5.41, 5.74) is 6.81. The van der Waals surface area contributed by atoms with Crippen molar-refractivity contribution in [1.29, 1.82) is 0 Å². The van der Waals surface area contributed by atoms with Crippen molar-refractivity contribution >= 4 is 5.91 Å². The lowest BCUT2D eigenvalue weighted by Crippen LogP contribution is -2.41. The fourth-order valence-electron chi connectivity index (χ4n) is 2.29. The van der Waals surface area contributed by atoms with Crippen molar-refractivity contribution in [3.8, 4) is 11.8 Å². The van der Waals surface area contributed by atoms with E-state index in [1.165, 1.54) is 0 Å². The van der Waals surface area contributed by atoms with Crippen molar-refractivity contribution in [2.24, 2.45) is 11.1 Å². The van der Waals surface area contributed by atoms with Crippen molar-refractivity contribution in [1.82, 2.24) is 9.88 Å². The molecule has 0 atom stereocenters. The van der Waals surface area contributed by atoms with Crippen LogP contribution in [0.2, 0.25) is 0 Å². The minimum absolute atomic E-state index is 0.0255. The minimum atomic E-state index is -0.0255. The molecule has 1 aromatic heterocycles. The molecule has 0 saturated carbocycles. The van der Waals surface area contributed by atoms with Gasteiger partial charge in [-0.15, -0.1) is 0 Å². The molecule has 2 N–H and O–H groups in total. The number of likely N-dealkylation sites (tertiary alicyclic amines) is 1. The van der Waals surface area contributed by atoms with Gasteiger partial charge in [-0.1, -0.05) is 25.7 Å². The maximum Gasteiger partial charge on any atom is 0.273 e. The average Bonchev–Trinajstić information content (AvgIpc) is 2.45. The maximum absolute atomic E-state index is 12.6. The van der Waals surface area contributed by atoms with Crippen molar-refractivity contribution in [3.63, 3.8) is 0 Å². The lowest BCUT2D eigenvalue weighted by atomic mass is 9.82. The summed E-state index contributed by atoms with van der Waals surface area (Å²) in [6.45, 7) is 6.33. The van der Waals surface area contributed by atoms with Crippen LogP contribution in [0.1, 0.15) is 42.7 Å². The number of piperidine rings is 1. The third-order valence-corrected chi connectivity index (χ3v) is 3.74. The van der Waals surface area contributed by atoms with Crippen molar-refractivity contribution in [2.45, 2.75) is 26.7 Å². The number of carbonyl (C=O) groups excluding carboxylic acids is 1. The van der Waals surface area contributed by atoms with Gasteiger partial charge in [-0.3, -0.25) is 4.79 Å². The van der Waals surface area contributed by atoms with E-state index in [1.807, 2.05) is 11.0 Å². The Morgan fingerprint density at radius 3 is 2.80 bits per heavy atom. The van der Waals surface area contributed by atoms with E-state index in [-0.39, 0.29) is 12.5 Å². The molecule has 2 heterocycles. The number of pyridine rings is 1. The van der Waals surface area contributed by atoms with Gasteiger partial charge < -0.3 is 10.6 Å². The van der Waals surface area contributed by atoms with Crippen LogP contribution in [0.5, 0.6) is 0 Å². The van der Waals surface area contributed by atoms with E-state index in [2.05, 4.69) is 30.7 Å². The summed E-state index contributed by atoms with van der Waals surface area (Å²) in [5, 5.41) is 0. The average molecular weight is 271 g/mol. The second-order valence-electron chi connectivity index (χ2n) is 5.86. The molecular weight excluding hydrogens is 250 g/mol. The van der Waals surface area contributed by atoms with Gasteiger partial charge in [0.2, 0.25) is 0 Å². The Morgan fingerprint density at radius 1 is 1.45 bits per heavy atom. The number of hydrogen-bond acceptors (Lipinski definition) is 3. The van der Waals surface area contributed by atoms with Crippen molar-refractivity contribution in [3.05, 3.63) is 29.6 Å². The van der Waals surface area contributed by atoms with Gasteiger partial charge in [-0.05, 0) is 30.4 Å². The Hall–Kier alpha value is -1.86. The largest absolute Gasteiger partial charge is 0.337 e. The number of hydrogen-bond donors (Lipinski definition) is 1. The van der Waals surface area contributed by atoms with Crippen LogP contribution in [0.15, 0.2) is 18.3 Å². The molecule has 1 aliphatic rings. The molecule has 1 amide bonds. The topological polar surface area (TPSA) is 59.2 Å². The molecule has 20 heavy (non-hydrogen) atoms. The third-order valence-electron chi connectivity index (χ3n) is 3.74. The monoisotopic (exact) mass is 271 g/mol. The first-order valence-electron chi connectivity index (χ1n) is 6.97. The predicted octanol–water partition coefficient (Wildman–Crippen LogP) is 1.65. The van der Waals surface area contributed by atoms with E-state index in [0.717, 1.165) is 25.9 Å².